The van der Waals surface area contributed by atoms with E-state index in [1.807, 2.05) is 18.2 Å². The van der Waals surface area contributed by atoms with Crippen molar-refractivity contribution >= 4 is 22.5 Å². The second-order valence-corrected chi connectivity index (χ2v) is 5.32. The fourth-order valence-electron chi connectivity index (χ4n) is 2.66. The molecular formula is C15H18N2O3. The number of methoxy groups -OCH3 is 1. The lowest BCUT2D eigenvalue weighted by Gasteiger charge is -2.32. The van der Waals surface area contributed by atoms with E-state index in [1.165, 1.54) is 0 Å². The van der Waals surface area contributed by atoms with E-state index in [-0.39, 0.29) is 24.3 Å². The molecule has 1 amide bonds. The Bertz CT molecular complexity index is 629. The van der Waals surface area contributed by atoms with Gasteiger partial charge in [-0.15, -0.1) is 0 Å². The fourth-order valence-corrected chi connectivity index (χ4v) is 2.66. The maximum atomic E-state index is 12.1. The number of carbonyl (C=O) groups excluding carboxylic acids is 1. The summed E-state index contributed by atoms with van der Waals surface area (Å²) in [6.07, 6.45) is 3.34. The number of fused-ring (bicyclic) bond motifs is 1. The summed E-state index contributed by atoms with van der Waals surface area (Å²) in [7, 11) is 1.62. The fraction of sp³-hybridized carbons (Fsp3) is 0.400. The number of aromatic amines is 1. The molecule has 0 atom stereocenters. The lowest BCUT2D eigenvalue weighted by molar-refractivity contribution is -0.124. The Labute approximate surface area is 116 Å². The summed E-state index contributed by atoms with van der Waals surface area (Å²) in [6, 6.07) is 5.70. The molecule has 2 aromatic rings. The number of rotatable bonds is 4. The van der Waals surface area contributed by atoms with Gasteiger partial charge in [-0.25, -0.2) is 0 Å². The van der Waals surface area contributed by atoms with Crippen LogP contribution in [0.3, 0.4) is 0 Å². The third-order valence-corrected chi connectivity index (χ3v) is 4.01. The number of H-pyrrole nitrogens is 1. The van der Waals surface area contributed by atoms with Crippen LogP contribution in [0, 0.1) is 11.8 Å². The monoisotopic (exact) mass is 274 g/mol. The highest BCUT2D eigenvalue weighted by molar-refractivity contribution is 6.02. The summed E-state index contributed by atoms with van der Waals surface area (Å²) >= 11 is 0. The summed E-state index contributed by atoms with van der Waals surface area (Å²) in [4.78, 5) is 15.2. The molecule has 3 N–H and O–H groups in total. The van der Waals surface area contributed by atoms with Crippen molar-refractivity contribution in [3.05, 3.63) is 24.4 Å². The summed E-state index contributed by atoms with van der Waals surface area (Å²) in [5.74, 6) is 1.09. The minimum Gasteiger partial charge on any atom is -0.497 e. The van der Waals surface area contributed by atoms with Crippen molar-refractivity contribution in [3.63, 3.8) is 0 Å². The summed E-state index contributed by atoms with van der Waals surface area (Å²) in [5.41, 5.74) is 1.74. The van der Waals surface area contributed by atoms with Crippen molar-refractivity contribution in [2.45, 2.75) is 12.8 Å². The summed E-state index contributed by atoms with van der Waals surface area (Å²) in [5, 5.41) is 12.9. The minimum absolute atomic E-state index is 0.0164. The lowest BCUT2D eigenvalue weighted by Crippen LogP contribution is -2.35. The number of anilines is 1. The number of benzene rings is 1. The van der Waals surface area contributed by atoms with Gasteiger partial charge in [-0.3, -0.25) is 4.79 Å². The molecule has 1 aromatic carbocycles. The first-order valence-corrected chi connectivity index (χ1v) is 6.78. The number of hydrogen-bond acceptors (Lipinski definition) is 3. The highest BCUT2D eigenvalue weighted by Gasteiger charge is 2.34. The zero-order chi connectivity index (χ0) is 14.1. The number of aromatic nitrogens is 1. The number of amides is 1. The molecule has 20 heavy (non-hydrogen) atoms. The van der Waals surface area contributed by atoms with Crippen LogP contribution in [0.1, 0.15) is 12.8 Å². The van der Waals surface area contributed by atoms with E-state index >= 15 is 0 Å². The van der Waals surface area contributed by atoms with Gasteiger partial charge in [-0.2, -0.15) is 0 Å². The average Bonchev–Trinajstić information content (AvgIpc) is 2.80. The van der Waals surface area contributed by atoms with Crippen molar-refractivity contribution in [2.24, 2.45) is 11.8 Å². The highest BCUT2D eigenvalue weighted by Crippen LogP contribution is 2.35. The van der Waals surface area contributed by atoms with E-state index in [0.29, 0.717) is 0 Å². The standard InChI is InChI=1S/C15H18N2O3/c1-20-11-2-3-13-12(6-11)14(7-16-13)17-15(19)10-4-9(5-10)8-18/h2-3,6-7,9-10,16,18H,4-5,8H2,1H3,(H,17,19). The van der Waals surface area contributed by atoms with Crippen LogP contribution < -0.4 is 10.1 Å². The molecule has 1 saturated carbocycles. The first-order chi connectivity index (χ1) is 9.71. The predicted octanol–water partition coefficient (Wildman–Crippen LogP) is 2.13. The van der Waals surface area contributed by atoms with Gasteiger partial charge in [0, 0.05) is 29.6 Å². The molecule has 0 saturated heterocycles. The van der Waals surface area contributed by atoms with Crippen molar-refractivity contribution in [1.82, 2.24) is 4.98 Å². The molecule has 0 radical (unpaired) electrons. The Balaban J connectivity index is 1.75. The smallest absolute Gasteiger partial charge is 0.227 e. The quantitative estimate of drug-likeness (QED) is 0.799. The zero-order valence-electron chi connectivity index (χ0n) is 11.3. The lowest BCUT2D eigenvalue weighted by atomic mass is 9.75. The van der Waals surface area contributed by atoms with Gasteiger partial charge in [0.1, 0.15) is 5.75 Å². The van der Waals surface area contributed by atoms with Crippen LogP contribution in [-0.2, 0) is 4.79 Å². The Kier molecular flexibility index (Phi) is 3.36. The van der Waals surface area contributed by atoms with Crippen LogP contribution >= 0.6 is 0 Å². The number of aliphatic hydroxyl groups excluding tert-OH is 1. The largest absolute Gasteiger partial charge is 0.497 e. The van der Waals surface area contributed by atoms with Gasteiger partial charge in [-0.05, 0) is 37.0 Å². The summed E-state index contributed by atoms with van der Waals surface area (Å²) < 4.78 is 5.21. The number of nitrogens with one attached hydrogen (secondary N) is 2. The van der Waals surface area contributed by atoms with Gasteiger partial charge < -0.3 is 20.1 Å². The van der Waals surface area contributed by atoms with Crippen molar-refractivity contribution in [3.8, 4) is 5.75 Å². The molecule has 0 aliphatic heterocycles. The molecule has 1 fully saturated rings. The molecular weight excluding hydrogens is 256 g/mol. The van der Waals surface area contributed by atoms with Crippen molar-refractivity contribution in [2.75, 3.05) is 19.0 Å². The van der Waals surface area contributed by atoms with Crippen LogP contribution in [-0.4, -0.2) is 29.7 Å². The van der Waals surface area contributed by atoms with Crippen LogP contribution in [0.2, 0.25) is 0 Å². The van der Waals surface area contributed by atoms with E-state index in [1.54, 1.807) is 13.3 Å². The van der Waals surface area contributed by atoms with Crippen molar-refractivity contribution < 1.29 is 14.6 Å². The molecule has 1 aliphatic rings. The highest BCUT2D eigenvalue weighted by atomic mass is 16.5. The van der Waals surface area contributed by atoms with Gasteiger partial charge in [0.05, 0.1) is 12.8 Å². The second-order valence-electron chi connectivity index (χ2n) is 5.32. The van der Waals surface area contributed by atoms with E-state index in [0.717, 1.165) is 35.2 Å². The Morgan fingerprint density at radius 1 is 1.50 bits per heavy atom. The van der Waals surface area contributed by atoms with Gasteiger partial charge in [0.2, 0.25) is 5.91 Å². The Hall–Kier alpha value is -2.01. The maximum Gasteiger partial charge on any atom is 0.227 e. The molecule has 5 heteroatoms. The Morgan fingerprint density at radius 3 is 3.00 bits per heavy atom. The second kappa shape index (κ2) is 5.17. The average molecular weight is 274 g/mol. The van der Waals surface area contributed by atoms with Crippen LogP contribution in [0.15, 0.2) is 24.4 Å². The molecule has 0 unspecified atom stereocenters. The van der Waals surface area contributed by atoms with Gasteiger partial charge >= 0.3 is 0 Å². The minimum atomic E-state index is 0.0164. The molecule has 0 spiro atoms. The predicted molar refractivity (Wildman–Crippen MR) is 76.8 cm³/mol. The Morgan fingerprint density at radius 2 is 2.30 bits per heavy atom. The topological polar surface area (TPSA) is 74.3 Å². The summed E-state index contributed by atoms with van der Waals surface area (Å²) in [6.45, 7) is 0.175. The van der Waals surface area contributed by atoms with Crippen LogP contribution in [0.4, 0.5) is 5.69 Å². The van der Waals surface area contributed by atoms with Gasteiger partial charge in [0.15, 0.2) is 0 Å². The third-order valence-electron chi connectivity index (χ3n) is 4.01. The first-order valence-electron chi connectivity index (χ1n) is 6.78. The molecule has 3 rings (SSSR count). The van der Waals surface area contributed by atoms with E-state index in [9.17, 15) is 4.79 Å². The van der Waals surface area contributed by atoms with E-state index < -0.39 is 0 Å². The van der Waals surface area contributed by atoms with E-state index in [2.05, 4.69) is 10.3 Å². The zero-order valence-corrected chi connectivity index (χ0v) is 11.3. The SMILES string of the molecule is COc1ccc2[nH]cc(NC(=O)C3CC(CO)C3)c2c1. The molecule has 1 aliphatic carbocycles. The van der Waals surface area contributed by atoms with Gasteiger partial charge in [0.25, 0.3) is 0 Å². The molecule has 5 nitrogen and oxygen atoms in total. The number of aliphatic hydroxyl groups is 1. The molecule has 1 heterocycles. The van der Waals surface area contributed by atoms with Crippen LogP contribution in [0.25, 0.3) is 10.9 Å². The van der Waals surface area contributed by atoms with Crippen LogP contribution in [0.5, 0.6) is 5.75 Å². The molecule has 106 valence electrons. The maximum absolute atomic E-state index is 12.1. The normalized spacial score (nSPS) is 21.5. The van der Waals surface area contributed by atoms with Gasteiger partial charge in [-0.1, -0.05) is 0 Å². The van der Waals surface area contributed by atoms with E-state index in [4.69, 9.17) is 9.84 Å². The number of carbonyl (C=O) groups is 1. The molecule has 0 bridgehead atoms. The van der Waals surface area contributed by atoms with Crippen molar-refractivity contribution in [1.29, 1.82) is 0 Å². The molecule has 1 aromatic heterocycles. The first kappa shape index (κ1) is 13.0. The number of hydrogen-bond donors (Lipinski definition) is 3. The number of ether oxygens (including phenoxy) is 1. The third kappa shape index (κ3) is 2.25.